The molecule has 118 valence electrons. The fraction of sp³-hybridized carbons (Fsp3) is 0.600. The van der Waals surface area contributed by atoms with Crippen LogP contribution in [0.15, 0.2) is 23.1 Å². The number of halogens is 1. The Hall–Kier alpha value is -0.980. The SMILES string of the molecule is CCCNCc1ccc(S(=O)(=O)N2CCCC2C)c(F)c1. The minimum atomic E-state index is -3.72. The second-order valence-corrected chi connectivity index (χ2v) is 7.41. The van der Waals surface area contributed by atoms with Gasteiger partial charge in [0.2, 0.25) is 10.0 Å². The van der Waals surface area contributed by atoms with E-state index < -0.39 is 15.8 Å². The van der Waals surface area contributed by atoms with Gasteiger partial charge >= 0.3 is 0 Å². The Morgan fingerprint density at radius 1 is 1.43 bits per heavy atom. The van der Waals surface area contributed by atoms with E-state index >= 15 is 0 Å². The Morgan fingerprint density at radius 3 is 2.76 bits per heavy atom. The Labute approximate surface area is 126 Å². The zero-order chi connectivity index (χ0) is 15.5. The van der Waals surface area contributed by atoms with Crippen molar-refractivity contribution in [2.45, 2.75) is 50.6 Å². The molecule has 0 amide bonds. The van der Waals surface area contributed by atoms with Crippen molar-refractivity contribution in [1.82, 2.24) is 9.62 Å². The first-order valence-electron chi connectivity index (χ1n) is 7.47. The Kier molecular flexibility index (Phi) is 5.35. The monoisotopic (exact) mass is 314 g/mol. The van der Waals surface area contributed by atoms with Crippen LogP contribution in [0.25, 0.3) is 0 Å². The van der Waals surface area contributed by atoms with E-state index in [1.165, 1.54) is 16.4 Å². The molecule has 1 aliphatic rings. The maximum Gasteiger partial charge on any atom is 0.246 e. The van der Waals surface area contributed by atoms with Gasteiger partial charge in [0.25, 0.3) is 0 Å². The van der Waals surface area contributed by atoms with Crippen LogP contribution in [0.5, 0.6) is 0 Å². The number of rotatable bonds is 6. The van der Waals surface area contributed by atoms with Gasteiger partial charge in [-0.25, -0.2) is 12.8 Å². The molecule has 1 saturated heterocycles. The molecule has 6 heteroatoms. The minimum Gasteiger partial charge on any atom is -0.313 e. The summed E-state index contributed by atoms with van der Waals surface area (Å²) in [4.78, 5) is -0.213. The average Bonchev–Trinajstić information content (AvgIpc) is 2.86. The Balaban J connectivity index is 2.20. The summed E-state index contributed by atoms with van der Waals surface area (Å²) in [6, 6.07) is 4.33. The Morgan fingerprint density at radius 2 is 2.19 bits per heavy atom. The number of nitrogens with one attached hydrogen (secondary N) is 1. The average molecular weight is 314 g/mol. The highest BCUT2D eigenvalue weighted by Gasteiger charge is 2.34. The topological polar surface area (TPSA) is 49.4 Å². The highest BCUT2D eigenvalue weighted by atomic mass is 32.2. The van der Waals surface area contributed by atoms with Gasteiger partial charge in [-0.15, -0.1) is 0 Å². The van der Waals surface area contributed by atoms with E-state index in [2.05, 4.69) is 12.2 Å². The molecule has 0 radical (unpaired) electrons. The number of sulfonamides is 1. The molecule has 21 heavy (non-hydrogen) atoms. The van der Waals surface area contributed by atoms with Gasteiger partial charge in [0.15, 0.2) is 0 Å². The third kappa shape index (κ3) is 3.62. The van der Waals surface area contributed by atoms with E-state index in [-0.39, 0.29) is 10.9 Å². The van der Waals surface area contributed by atoms with Crippen molar-refractivity contribution in [3.63, 3.8) is 0 Å². The zero-order valence-corrected chi connectivity index (χ0v) is 13.4. The summed E-state index contributed by atoms with van der Waals surface area (Å²) in [5, 5.41) is 3.17. The number of hydrogen-bond donors (Lipinski definition) is 1. The van der Waals surface area contributed by atoms with Gasteiger partial charge in [0, 0.05) is 19.1 Å². The van der Waals surface area contributed by atoms with Crippen LogP contribution in [-0.4, -0.2) is 31.9 Å². The molecule has 1 unspecified atom stereocenters. The maximum atomic E-state index is 14.2. The minimum absolute atomic E-state index is 0.0553. The van der Waals surface area contributed by atoms with Crippen LogP contribution < -0.4 is 5.32 Å². The van der Waals surface area contributed by atoms with Gasteiger partial charge in [0.1, 0.15) is 10.7 Å². The van der Waals surface area contributed by atoms with Crippen molar-refractivity contribution in [1.29, 1.82) is 0 Å². The smallest absolute Gasteiger partial charge is 0.246 e. The van der Waals surface area contributed by atoms with Gasteiger partial charge < -0.3 is 5.32 Å². The summed E-state index contributed by atoms with van der Waals surface area (Å²) >= 11 is 0. The van der Waals surface area contributed by atoms with Crippen LogP contribution >= 0.6 is 0 Å². The normalized spacial score (nSPS) is 20.0. The molecular weight excluding hydrogens is 291 g/mol. The molecule has 1 fully saturated rings. The summed E-state index contributed by atoms with van der Waals surface area (Å²) in [6.45, 7) is 5.80. The lowest BCUT2D eigenvalue weighted by Gasteiger charge is -2.21. The summed E-state index contributed by atoms with van der Waals surface area (Å²) in [6.07, 6.45) is 2.67. The van der Waals surface area contributed by atoms with E-state index in [1.54, 1.807) is 6.07 Å². The first-order chi connectivity index (χ1) is 9.96. The lowest BCUT2D eigenvalue weighted by molar-refractivity contribution is 0.405. The first kappa shape index (κ1) is 16.4. The molecule has 1 aliphatic heterocycles. The predicted octanol–water partition coefficient (Wildman–Crippen LogP) is 2.50. The lowest BCUT2D eigenvalue weighted by atomic mass is 10.2. The van der Waals surface area contributed by atoms with Crippen LogP contribution in [0.4, 0.5) is 4.39 Å². The molecule has 0 aromatic heterocycles. The molecule has 1 heterocycles. The van der Waals surface area contributed by atoms with Gasteiger partial charge in [-0.1, -0.05) is 13.0 Å². The van der Waals surface area contributed by atoms with Crippen molar-refractivity contribution in [3.8, 4) is 0 Å². The quantitative estimate of drug-likeness (QED) is 0.821. The van der Waals surface area contributed by atoms with Crippen LogP contribution in [0.1, 0.15) is 38.7 Å². The lowest BCUT2D eigenvalue weighted by Crippen LogP contribution is -2.34. The van der Waals surface area contributed by atoms with Crippen LogP contribution in [0, 0.1) is 5.82 Å². The molecule has 2 rings (SSSR count). The van der Waals surface area contributed by atoms with Crippen molar-refractivity contribution >= 4 is 10.0 Å². The van der Waals surface area contributed by atoms with E-state index in [9.17, 15) is 12.8 Å². The summed E-state index contributed by atoms with van der Waals surface area (Å²) in [7, 11) is -3.72. The molecule has 0 spiro atoms. The highest BCUT2D eigenvalue weighted by Crippen LogP contribution is 2.27. The number of benzene rings is 1. The largest absolute Gasteiger partial charge is 0.313 e. The molecule has 1 atom stereocenters. The van der Waals surface area contributed by atoms with Crippen molar-refractivity contribution in [3.05, 3.63) is 29.6 Å². The second kappa shape index (κ2) is 6.85. The molecule has 0 saturated carbocycles. The second-order valence-electron chi connectivity index (χ2n) is 5.55. The van der Waals surface area contributed by atoms with E-state index in [1.807, 2.05) is 6.92 Å². The fourth-order valence-corrected chi connectivity index (χ4v) is 4.41. The molecule has 4 nitrogen and oxygen atoms in total. The van der Waals surface area contributed by atoms with Crippen molar-refractivity contribution in [2.75, 3.05) is 13.1 Å². The molecular formula is C15H23FN2O2S. The van der Waals surface area contributed by atoms with E-state index in [4.69, 9.17) is 0 Å². The van der Waals surface area contributed by atoms with Gasteiger partial charge in [0.05, 0.1) is 0 Å². The van der Waals surface area contributed by atoms with E-state index in [0.717, 1.165) is 31.4 Å². The van der Waals surface area contributed by atoms with Gasteiger partial charge in [-0.3, -0.25) is 0 Å². The fourth-order valence-electron chi connectivity index (χ4n) is 2.66. The number of nitrogens with zero attached hydrogens (tertiary/aromatic N) is 1. The standard InChI is InChI=1S/C15H23FN2O2S/c1-3-8-17-11-13-6-7-15(14(16)10-13)21(19,20)18-9-4-5-12(18)2/h6-7,10,12,17H,3-5,8-9,11H2,1-2H3. The molecule has 0 bridgehead atoms. The molecule has 1 aromatic rings. The molecule has 1 aromatic carbocycles. The van der Waals surface area contributed by atoms with Crippen molar-refractivity contribution in [2.24, 2.45) is 0 Å². The third-order valence-electron chi connectivity index (χ3n) is 3.83. The summed E-state index contributed by atoms with van der Waals surface area (Å²) in [5.74, 6) is -0.662. The van der Waals surface area contributed by atoms with Crippen LogP contribution in [0.3, 0.4) is 0 Å². The van der Waals surface area contributed by atoms with Crippen molar-refractivity contribution < 1.29 is 12.8 Å². The van der Waals surface area contributed by atoms with Gasteiger partial charge in [-0.2, -0.15) is 4.31 Å². The third-order valence-corrected chi connectivity index (χ3v) is 5.88. The predicted molar refractivity (Wildman–Crippen MR) is 81.0 cm³/mol. The number of hydrogen-bond acceptors (Lipinski definition) is 3. The zero-order valence-electron chi connectivity index (χ0n) is 12.6. The molecule has 1 N–H and O–H groups in total. The van der Waals surface area contributed by atoms with Gasteiger partial charge in [-0.05, 0) is 50.4 Å². The maximum absolute atomic E-state index is 14.2. The van der Waals surface area contributed by atoms with E-state index in [0.29, 0.717) is 13.1 Å². The van der Waals surface area contributed by atoms with Crippen LogP contribution in [0.2, 0.25) is 0 Å². The summed E-state index contributed by atoms with van der Waals surface area (Å²) < 4.78 is 40.6. The Bertz CT molecular complexity index is 589. The summed E-state index contributed by atoms with van der Waals surface area (Å²) in [5.41, 5.74) is 0.759. The first-order valence-corrected chi connectivity index (χ1v) is 8.91. The van der Waals surface area contributed by atoms with Crippen LogP contribution in [-0.2, 0) is 16.6 Å². The highest BCUT2D eigenvalue weighted by molar-refractivity contribution is 7.89. The molecule has 0 aliphatic carbocycles.